The molecule has 0 bridgehead atoms. The van der Waals surface area contributed by atoms with Crippen LogP contribution in [0.1, 0.15) is 34.6 Å². The molecule has 0 spiro atoms. The van der Waals surface area contributed by atoms with Crippen LogP contribution in [0.25, 0.3) is 0 Å². The summed E-state index contributed by atoms with van der Waals surface area (Å²) in [6.07, 6.45) is 0. The molecule has 0 aliphatic heterocycles. The Kier molecular flexibility index (Phi) is 5.12. The molecule has 0 atom stereocenters. The van der Waals surface area contributed by atoms with Crippen LogP contribution in [0.15, 0.2) is 11.3 Å². The maximum atomic E-state index is 10.8. The predicted molar refractivity (Wildman–Crippen MR) is 63.2 cm³/mol. The zero-order valence-corrected chi connectivity index (χ0v) is 10.9. The second-order valence-corrected chi connectivity index (χ2v) is 9.55. The van der Waals surface area contributed by atoms with Crippen molar-refractivity contribution in [3.05, 3.63) is 11.3 Å². The summed E-state index contributed by atoms with van der Waals surface area (Å²) >= 11 is 0. The van der Waals surface area contributed by atoms with E-state index in [4.69, 9.17) is 5.11 Å². The third-order valence-electron chi connectivity index (χ3n) is 3.31. The summed E-state index contributed by atoms with van der Waals surface area (Å²) in [5.74, 6) is -0.774. The van der Waals surface area contributed by atoms with Gasteiger partial charge in [0.25, 0.3) is 0 Å². The van der Waals surface area contributed by atoms with Crippen molar-refractivity contribution in [2.45, 2.75) is 52.2 Å². The molecule has 0 radical (unpaired) electrons. The van der Waals surface area contributed by atoms with E-state index in [1.165, 1.54) is 0 Å². The molecule has 0 fully saturated rings. The molecule has 1 N–H and O–H groups in total. The van der Waals surface area contributed by atoms with Crippen LogP contribution in [0.3, 0.4) is 0 Å². The lowest BCUT2D eigenvalue weighted by Gasteiger charge is -2.30. The number of carboxylic acid groups (broad SMARTS) is 1. The Labute approximate surface area is 88.0 Å². The first kappa shape index (κ1) is 13.4. The molecule has 0 aliphatic carbocycles. The Bertz CT molecular complexity index is 227. The summed E-state index contributed by atoms with van der Waals surface area (Å²) in [5.41, 5.74) is 3.21. The van der Waals surface area contributed by atoms with Crippen LogP contribution in [0.2, 0.25) is 17.6 Å². The summed E-state index contributed by atoms with van der Waals surface area (Å²) in [6, 6.07) is 2.26. The van der Waals surface area contributed by atoms with Crippen LogP contribution in [0.5, 0.6) is 0 Å². The van der Waals surface area contributed by atoms with Crippen molar-refractivity contribution in [1.82, 2.24) is 0 Å². The van der Waals surface area contributed by atoms with Crippen molar-refractivity contribution in [2.24, 2.45) is 0 Å². The third kappa shape index (κ3) is 2.98. The van der Waals surface area contributed by atoms with Crippen LogP contribution in [-0.2, 0) is 4.79 Å². The van der Waals surface area contributed by atoms with E-state index in [2.05, 4.69) is 33.4 Å². The molecule has 0 saturated carbocycles. The standard InChI is InChI=1S/C11H22O2Si/c1-6-14(7-2,9(3)4)8-10(5)11(12)13/h8-9H,6-7H2,1-5H3,(H,12,13). The van der Waals surface area contributed by atoms with Gasteiger partial charge in [-0.25, -0.2) is 4.79 Å². The molecule has 0 rings (SSSR count). The fraction of sp³-hybridized carbons (Fsp3) is 0.727. The number of aliphatic carboxylic acids is 1. The van der Waals surface area contributed by atoms with Gasteiger partial charge in [-0.2, -0.15) is 0 Å². The van der Waals surface area contributed by atoms with Crippen LogP contribution in [-0.4, -0.2) is 19.1 Å². The van der Waals surface area contributed by atoms with Gasteiger partial charge >= 0.3 is 5.97 Å². The van der Waals surface area contributed by atoms with Gasteiger partial charge in [0.2, 0.25) is 0 Å². The Morgan fingerprint density at radius 3 is 2.00 bits per heavy atom. The first-order chi connectivity index (χ1) is 6.39. The van der Waals surface area contributed by atoms with Crippen LogP contribution >= 0.6 is 0 Å². The van der Waals surface area contributed by atoms with Gasteiger partial charge in [0, 0.05) is 5.57 Å². The normalized spacial score (nSPS) is 13.4. The van der Waals surface area contributed by atoms with E-state index < -0.39 is 14.0 Å². The molecule has 2 nitrogen and oxygen atoms in total. The van der Waals surface area contributed by atoms with E-state index in [0.29, 0.717) is 11.1 Å². The van der Waals surface area contributed by atoms with Gasteiger partial charge in [0.1, 0.15) is 0 Å². The molecule has 0 saturated heterocycles. The summed E-state index contributed by atoms with van der Waals surface area (Å²) in [6.45, 7) is 10.5. The molecular formula is C11H22O2Si. The Balaban J connectivity index is 5.02. The number of carboxylic acids is 1. The van der Waals surface area contributed by atoms with Crippen LogP contribution in [0.4, 0.5) is 0 Å². The summed E-state index contributed by atoms with van der Waals surface area (Å²) in [4.78, 5) is 10.8. The van der Waals surface area contributed by atoms with E-state index in [0.717, 1.165) is 12.1 Å². The lowest BCUT2D eigenvalue weighted by molar-refractivity contribution is -0.132. The predicted octanol–water partition coefficient (Wildman–Crippen LogP) is 3.46. The molecule has 0 heterocycles. The van der Waals surface area contributed by atoms with Gasteiger partial charge < -0.3 is 5.11 Å². The van der Waals surface area contributed by atoms with E-state index in [1.807, 2.05) is 0 Å². The highest BCUT2D eigenvalue weighted by Crippen LogP contribution is 2.31. The molecule has 82 valence electrons. The van der Waals surface area contributed by atoms with Crippen LogP contribution in [0, 0.1) is 0 Å². The molecule has 14 heavy (non-hydrogen) atoms. The first-order valence-electron chi connectivity index (χ1n) is 5.32. The summed E-state index contributed by atoms with van der Waals surface area (Å²) in [7, 11) is -1.49. The average molecular weight is 214 g/mol. The minimum atomic E-state index is -1.49. The number of rotatable bonds is 5. The molecule has 0 amide bonds. The zero-order valence-electron chi connectivity index (χ0n) is 9.92. The zero-order chi connectivity index (χ0) is 11.4. The van der Waals surface area contributed by atoms with Crippen molar-refractivity contribution in [2.75, 3.05) is 0 Å². The van der Waals surface area contributed by atoms with Gasteiger partial charge in [0.15, 0.2) is 0 Å². The van der Waals surface area contributed by atoms with Gasteiger partial charge in [-0.15, -0.1) is 0 Å². The maximum absolute atomic E-state index is 10.8. The average Bonchev–Trinajstić information content (AvgIpc) is 2.13. The third-order valence-corrected chi connectivity index (χ3v) is 9.25. The molecule has 0 aromatic heterocycles. The van der Waals surface area contributed by atoms with Gasteiger partial charge in [-0.1, -0.05) is 45.5 Å². The molecule has 0 aromatic carbocycles. The van der Waals surface area contributed by atoms with Crippen molar-refractivity contribution >= 4 is 14.0 Å². The highest BCUT2D eigenvalue weighted by molar-refractivity contribution is 6.85. The number of hydrogen-bond acceptors (Lipinski definition) is 1. The monoisotopic (exact) mass is 214 g/mol. The fourth-order valence-electron chi connectivity index (χ4n) is 1.93. The number of carbonyl (C=O) groups is 1. The molecule has 3 heteroatoms. The Morgan fingerprint density at radius 1 is 1.36 bits per heavy atom. The van der Waals surface area contributed by atoms with Crippen LogP contribution < -0.4 is 0 Å². The fourth-order valence-corrected chi connectivity index (χ4v) is 5.79. The first-order valence-corrected chi connectivity index (χ1v) is 7.89. The van der Waals surface area contributed by atoms with Gasteiger partial charge in [0.05, 0.1) is 8.07 Å². The molecular weight excluding hydrogens is 192 g/mol. The maximum Gasteiger partial charge on any atom is 0.330 e. The highest BCUT2D eigenvalue weighted by atomic mass is 28.3. The van der Waals surface area contributed by atoms with Crippen molar-refractivity contribution < 1.29 is 9.90 Å². The largest absolute Gasteiger partial charge is 0.478 e. The Hall–Kier alpha value is -0.573. The number of hydrogen-bond donors (Lipinski definition) is 1. The smallest absolute Gasteiger partial charge is 0.330 e. The lowest BCUT2D eigenvalue weighted by atomic mass is 10.4. The van der Waals surface area contributed by atoms with E-state index in [-0.39, 0.29) is 0 Å². The molecule has 0 aliphatic rings. The van der Waals surface area contributed by atoms with E-state index in [9.17, 15) is 4.79 Å². The summed E-state index contributed by atoms with van der Waals surface area (Å²) < 4.78 is 0. The van der Waals surface area contributed by atoms with Gasteiger partial charge in [-0.05, 0) is 12.5 Å². The highest BCUT2D eigenvalue weighted by Gasteiger charge is 2.30. The van der Waals surface area contributed by atoms with Gasteiger partial charge in [-0.3, -0.25) is 0 Å². The van der Waals surface area contributed by atoms with Crippen molar-refractivity contribution in [3.8, 4) is 0 Å². The van der Waals surface area contributed by atoms with Crippen molar-refractivity contribution in [3.63, 3.8) is 0 Å². The molecule has 0 aromatic rings. The van der Waals surface area contributed by atoms with E-state index >= 15 is 0 Å². The van der Waals surface area contributed by atoms with E-state index in [1.54, 1.807) is 6.92 Å². The second kappa shape index (κ2) is 5.34. The Morgan fingerprint density at radius 2 is 1.79 bits per heavy atom. The summed E-state index contributed by atoms with van der Waals surface area (Å²) in [5, 5.41) is 8.87. The quantitative estimate of drug-likeness (QED) is 0.562. The minimum Gasteiger partial charge on any atom is -0.478 e. The topological polar surface area (TPSA) is 37.3 Å². The minimum absolute atomic E-state index is 0.522. The SMILES string of the molecule is CC[Si](C=C(C)C(=O)O)(CC)C(C)C. The molecule has 0 unspecified atom stereocenters. The lowest BCUT2D eigenvalue weighted by Crippen LogP contribution is -2.34. The van der Waals surface area contributed by atoms with Crippen molar-refractivity contribution in [1.29, 1.82) is 0 Å². The second-order valence-electron chi connectivity index (χ2n) is 4.23.